The normalized spacial score (nSPS) is 16.5. The van der Waals surface area contributed by atoms with Crippen molar-refractivity contribution in [2.45, 2.75) is 23.0 Å². The second-order valence-electron chi connectivity index (χ2n) is 8.03. The van der Waals surface area contributed by atoms with Crippen LogP contribution in [-0.4, -0.2) is 49.9 Å². The lowest BCUT2D eigenvalue weighted by molar-refractivity contribution is 0.122. The van der Waals surface area contributed by atoms with Gasteiger partial charge in [-0.3, -0.25) is 0 Å². The van der Waals surface area contributed by atoms with Crippen LogP contribution in [0.25, 0.3) is 0 Å². The Morgan fingerprint density at radius 3 is 2.45 bits per heavy atom. The second kappa shape index (κ2) is 9.28. The molecule has 1 saturated carbocycles. The number of benzene rings is 2. The first-order valence-electron chi connectivity index (χ1n) is 10.8. The van der Waals surface area contributed by atoms with Crippen molar-refractivity contribution >= 4 is 54.6 Å². The Balaban J connectivity index is 1.34. The molecule has 1 saturated heterocycles. The quantitative estimate of drug-likeness (QED) is 0.461. The molecular weight excluding hydrogens is 506 g/mol. The Bertz CT molecular complexity index is 1240. The number of rotatable bonds is 7. The summed E-state index contributed by atoms with van der Waals surface area (Å²) in [5.41, 5.74) is 2.51. The van der Waals surface area contributed by atoms with Gasteiger partial charge < -0.3 is 20.3 Å². The van der Waals surface area contributed by atoms with Crippen molar-refractivity contribution in [2.75, 3.05) is 41.8 Å². The number of aromatic nitrogens is 2. The summed E-state index contributed by atoms with van der Waals surface area (Å²) in [7, 11) is -3.35. The highest BCUT2D eigenvalue weighted by molar-refractivity contribution is 9.10. The summed E-state index contributed by atoms with van der Waals surface area (Å²) >= 11 is 3.46. The molecule has 3 aromatic rings. The van der Waals surface area contributed by atoms with Crippen LogP contribution in [0, 0.1) is 0 Å². The maximum Gasteiger partial charge on any atom is 0.229 e. The highest BCUT2D eigenvalue weighted by atomic mass is 79.9. The fourth-order valence-electron chi connectivity index (χ4n) is 3.72. The predicted octanol–water partition coefficient (Wildman–Crippen LogP) is 4.50. The number of sulfone groups is 1. The first kappa shape index (κ1) is 22.1. The molecular formula is C23H24BrN5O3S. The Hall–Kier alpha value is -2.69. The summed E-state index contributed by atoms with van der Waals surface area (Å²) in [5, 5.41) is 6.10. The van der Waals surface area contributed by atoms with Crippen molar-refractivity contribution in [3.63, 3.8) is 0 Å². The molecule has 172 valence electrons. The van der Waals surface area contributed by atoms with E-state index >= 15 is 0 Å². The smallest absolute Gasteiger partial charge is 0.229 e. The van der Waals surface area contributed by atoms with E-state index in [1.54, 1.807) is 30.5 Å². The van der Waals surface area contributed by atoms with Crippen molar-refractivity contribution < 1.29 is 13.2 Å². The van der Waals surface area contributed by atoms with Crippen molar-refractivity contribution in [1.29, 1.82) is 0 Å². The molecule has 8 nitrogen and oxygen atoms in total. The van der Waals surface area contributed by atoms with Crippen LogP contribution < -0.4 is 15.5 Å². The van der Waals surface area contributed by atoms with Gasteiger partial charge in [-0.1, -0.05) is 12.1 Å². The van der Waals surface area contributed by atoms with Crippen LogP contribution in [0.3, 0.4) is 0 Å². The van der Waals surface area contributed by atoms with Crippen molar-refractivity contribution in [2.24, 2.45) is 0 Å². The number of hydrogen-bond acceptors (Lipinski definition) is 8. The van der Waals surface area contributed by atoms with Gasteiger partial charge >= 0.3 is 0 Å². The van der Waals surface area contributed by atoms with Gasteiger partial charge in [0.15, 0.2) is 9.84 Å². The van der Waals surface area contributed by atoms with Gasteiger partial charge in [0.05, 0.1) is 33.5 Å². The molecule has 0 atom stereocenters. The van der Waals surface area contributed by atoms with E-state index in [0.29, 0.717) is 39.7 Å². The molecule has 1 aromatic heterocycles. The Labute approximate surface area is 201 Å². The van der Waals surface area contributed by atoms with Crippen molar-refractivity contribution in [3.8, 4) is 0 Å². The second-order valence-corrected chi connectivity index (χ2v) is 11.1. The summed E-state index contributed by atoms with van der Waals surface area (Å²) in [6.45, 7) is 3.26. The third-order valence-electron chi connectivity index (χ3n) is 5.65. The summed E-state index contributed by atoms with van der Waals surface area (Å²) in [6.07, 6.45) is 3.07. The number of hydrogen-bond donors (Lipinski definition) is 2. The van der Waals surface area contributed by atoms with Gasteiger partial charge in [0.25, 0.3) is 0 Å². The fraction of sp³-hybridized carbons (Fsp3) is 0.304. The minimum absolute atomic E-state index is 0.285. The highest BCUT2D eigenvalue weighted by Gasteiger charge is 2.38. The number of morpholine rings is 1. The molecule has 33 heavy (non-hydrogen) atoms. The predicted molar refractivity (Wildman–Crippen MR) is 132 cm³/mol. The number of nitrogens with zero attached hydrogens (tertiary/aromatic N) is 3. The number of halogens is 1. The average molecular weight is 530 g/mol. The van der Waals surface area contributed by atoms with Gasteiger partial charge in [-0.15, -0.1) is 0 Å². The summed E-state index contributed by atoms with van der Waals surface area (Å²) < 4.78 is 31.7. The molecule has 2 aliphatic rings. The minimum atomic E-state index is -3.35. The fourth-order valence-corrected chi connectivity index (χ4v) is 5.82. The Morgan fingerprint density at radius 1 is 1.00 bits per heavy atom. The van der Waals surface area contributed by atoms with Gasteiger partial charge in [0.1, 0.15) is 5.82 Å². The van der Waals surface area contributed by atoms with E-state index in [1.165, 1.54) is 0 Å². The highest BCUT2D eigenvalue weighted by Crippen LogP contribution is 2.37. The summed E-state index contributed by atoms with van der Waals surface area (Å²) in [5.74, 6) is 0.887. The molecule has 0 radical (unpaired) electrons. The number of anilines is 5. The van der Waals surface area contributed by atoms with E-state index in [4.69, 9.17) is 4.74 Å². The maximum absolute atomic E-state index is 12.8. The van der Waals surface area contributed by atoms with E-state index in [1.807, 2.05) is 12.1 Å². The van der Waals surface area contributed by atoms with E-state index in [2.05, 4.69) is 53.6 Å². The molecule has 1 aliphatic heterocycles. The monoisotopic (exact) mass is 529 g/mol. The molecule has 10 heteroatoms. The van der Waals surface area contributed by atoms with Gasteiger partial charge in [0, 0.05) is 30.7 Å². The van der Waals surface area contributed by atoms with Gasteiger partial charge in [-0.25, -0.2) is 13.4 Å². The van der Waals surface area contributed by atoms with Gasteiger partial charge in [-0.05, 0) is 65.2 Å². The molecule has 5 rings (SSSR count). The SMILES string of the molecule is O=S(=O)(c1ccccc1Nc1nc(Nc2ccc(N3CCOCC3)cc2)ncc1Br)C1CC1. The first-order valence-corrected chi connectivity index (χ1v) is 13.2. The molecule has 0 spiro atoms. The van der Waals surface area contributed by atoms with E-state index in [-0.39, 0.29) is 5.25 Å². The molecule has 2 N–H and O–H groups in total. The largest absolute Gasteiger partial charge is 0.378 e. The van der Waals surface area contributed by atoms with Crippen LogP contribution in [0.1, 0.15) is 12.8 Å². The number of para-hydroxylation sites is 1. The lowest BCUT2D eigenvalue weighted by Gasteiger charge is -2.28. The average Bonchev–Trinajstić information content (AvgIpc) is 3.69. The topological polar surface area (TPSA) is 96.5 Å². The maximum atomic E-state index is 12.8. The Kier molecular flexibility index (Phi) is 6.22. The van der Waals surface area contributed by atoms with Crippen molar-refractivity contribution in [3.05, 3.63) is 59.2 Å². The lowest BCUT2D eigenvalue weighted by Crippen LogP contribution is -2.36. The molecule has 0 bridgehead atoms. The molecule has 0 unspecified atom stereocenters. The van der Waals surface area contributed by atoms with E-state index in [0.717, 1.165) is 37.7 Å². The van der Waals surface area contributed by atoms with Crippen LogP contribution in [0.5, 0.6) is 0 Å². The molecule has 2 fully saturated rings. The third-order valence-corrected chi connectivity index (χ3v) is 8.55. The molecule has 0 amide bonds. The van der Waals surface area contributed by atoms with Crippen LogP contribution >= 0.6 is 15.9 Å². The zero-order chi connectivity index (χ0) is 22.8. The molecule has 2 aromatic carbocycles. The zero-order valence-electron chi connectivity index (χ0n) is 17.9. The summed E-state index contributed by atoms with van der Waals surface area (Å²) in [4.78, 5) is 11.5. The van der Waals surface area contributed by atoms with Crippen LogP contribution in [0.2, 0.25) is 0 Å². The zero-order valence-corrected chi connectivity index (χ0v) is 20.3. The molecule has 1 aliphatic carbocycles. The third kappa shape index (κ3) is 4.97. The number of nitrogens with one attached hydrogen (secondary N) is 2. The Morgan fingerprint density at radius 2 is 1.73 bits per heavy atom. The standard InChI is InChI=1S/C23H24BrN5O3S/c24-19-15-25-23(26-16-5-7-17(8-6-16)29-11-13-32-14-12-29)28-22(19)27-20-3-1-2-4-21(20)33(30,31)18-9-10-18/h1-8,15,18H,9-14H2,(H2,25,26,27,28). The summed E-state index contributed by atoms with van der Waals surface area (Å²) in [6, 6.07) is 15.0. The minimum Gasteiger partial charge on any atom is -0.378 e. The van der Waals surface area contributed by atoms with Crippen LogP contribution in [-0.2, 0) is 14.6 Å². The first-order chi connectivity index (χ1) is 16.0. The van der Waals surface area contributed by atoms with Crippen LogP contribution in [0.15, 0.2) is 64.1 Å². The lowest BCUT2D eigenvalue weighted by atomic mass is 10.2. The van der Waals surface area contributed by atoms with Gasteiger partial charge in [-0.2, -0.15) is 4.98 Å². The van der Waals surface area contributed by atoms with E-state index < -0.39 is 9.84 Å². The number of ether oxygens (including phenoxy) is 1. The van der Waals surface area contributed by atoms with Gasteiger partial charge in [0.2, 0.25) is 5.95 Å². The van der Waals surface area contributed by atoms with E-state index in [9.17, 15) is 8.42 Å². The van der Waals surface area contributed by atoms with Crippen LogP contribution in [0.4, 0.5) is 28.8 Å². The molecule has 2 heterocycles. The van der Waals surface area contributed by atoms with Crippen molar-refractivity contribution in [1.82, 2.24) is 9.97 Å².